The van der Waals surface area contributed by atoms with E-state index in [0.29, 0.717) is 0 Å². The highest BCUT2D eigenvalue weighted by Gasteiger charge is 2.20. The van der Waals surface area contributed by atoms with Gasteiger partial charge in [-0.2, -0.15) is 0 Å². The number of carboxylic acid groups (broad SMARTS) is 1. The van der Waals surface area contributed by atoms with Crippen molar-refractivity contribution in [2.75, 3.05) is 0 Å². The number of hydrogen-bond acceptors (Lipinski definition) is 3. The van der Waals surface area contributed by atoms with E-state index >= 15 is 0 Å². The van der Waals surface area contributed by atoms with Crippen molar-refractivity contribution in [3.8, 4) is 0 Å². The fraction of sp³-hybridized carbons (Fsp3) is 0.619. The molecule has 0 saturated carbocycles. The van der Waals surface area contributed by atoms with Crippen molar-refractivity contribution >= 4 is 11.9 Å². The monoisotopic (exact) mass is 348 g/mol. The Morgan fingerprint density at radius 3 is 2.08 bits per heavy atom. The number of carbonyl (C=O) groups is 2. The van der Waals surface area contributed by atoms with Gasteiger partial charge < -0.3 is 9.84 Å². The van der Waals surface area contributed by atoms with Crippen molar-refractivity contribution in [3.05, 3.63) is 35.4 Å². The number of aromatic carboxylic acids is 1. The van der Waals surface area contributed by atoms with Gasteiger partial charge in [-0.05, 0) is 31.4 Å². The molecule has 0 aliphatic heterocycles. The summed E-state index contributed by atoms with van der Waals surface area (Å²) in [6.07, 6.45) is 10.8. The zero-order chi connectivity index (χ0) is 18.5. The van der Waals surface area contributed by atoms with Gasteiger partial charge in [-0.15, -0.1) is 0 Å². The van der Waals surface area contributed by atoms with E-state index in [0.717, 1.165) is 38.5 Å². The van der Waals surface area contributed by atoms with Gasteiger partial charge in [-0.25, -0.2) is 9.59 Å². The van der Waals surface area contributed by atoms with Crippen LogP contribution in [0.1, 0.15) is 98.8 Å². The van der Waals surface area contributed by atoms with E-state index in [1.807, 2.05) is 0 Å². The number of carboxylic acids is 1. The Hall–Kier alpha value is -1.84. The van der Waals surface area contributed by atoms with Crippen LogP contribution < -0.4 is 0 Å². The van der Waals surface area contributed by atoms with Crippen LogP contribution in [0.15, 0.2) is 24.3 Å². The molecule has 1 aromatic rings. The second-order valence-corrected chi connectivity index (χ2v) is 6.58. The minimum Gasteiger partial charge on any atom is -0.478 e. The zero-order valence-electron chi connectivity index (χ0n) is 15.6. The minimum absolute atomic E-state index is 0.00121. The number of esters is 1. The molecular weight excluding hydrogens is 316 g/mol. The van der Waals surface area contributed by atoms with E-state index in [4.69, 9.17) is 4.74 Å². The molecule has 1 aromatic carbocycles. The van der Waals surface area contributed by atoms with Gasteiger partial charge in [-0.3, -0.25) is 0 Å². The molecule has 0 aliphatic rings. The molecule has 0 spiro atoms. The highest BCUT2D eigenvalue weighted by molar-refractivity contribution is 6.02. The summed E-state index contributed by atoms with van der Waals surface area (Å²) in [4.78, 5) is 23.7. The summed E-state index contributed by atoms with van der Waals surface area (Å²) in [6.45, 7) is 4.32. The number of carbonyl (C=O) groups excluding carboxylic acids is 1. The molecule has 0 aromatic heterocycles. The van der Waals surface area contributed by atoms with Gasteiger partial charge in [0.05, 0.1) is 11.1 Å². The first kappa shape index (κ1) is 21.2. The lowest BCUT2D eigenvalue weighted by Gasteiger charge is -2.18. The molecule has 0 amide bonds. The summed E-state index contributed by atoms with van der Waals surface area (Å²) in [5.74, 6) is -1.63. The molecule has 0 aliphatic carbocycles. The van der Waals surface area contributed by atoms with E-state index in [2.05, 4.69) is 13.8 Å². The number of unbranched alkanes of at least 4 members (excludes halogenated alkanes) is 6. The molecule has 0 radical (unpaired) electrons. The number of rotatable bonds is 13. The van der Waals surface area contributed by atoms with E-state index in [1.54, 1.807) is 12.1 Å². The van der Waals surface area contributed by atoms with Gasteiger partial charge in [0, 0.05) is 0 Å². The minimum atomic E-state index is -1.10. The lowest BCUT2D eigenvalue weighted by Crippen LogP contribution is -2.20. The lowest BCUT2D eigenvalue weighted by molar-refractivity contribution is 0.0245. The Balaban J connectivity index is 2.58. The highest BCUT2D eigenvalue weighted by Crippen LogP contribution is 2.18. The van der Waals surface area contributed by atoms with Crippen molar-refractivity contribution in [2.45, 2.75) is 84.2 Å². The molecular formula is C21H32O4. The molecule has 1 N–H and O–H groups in total. The van der Waals surface area contributed by atoms with Crippen LogP contribution in [0.25, 0.3) is 0 Å². The summed E-state index contributed by atoms with van der Waals surface area (Å²) in [7, 11) is 0. The van der Waals surface area contributed by atoms with Crippen LogP contribution >= 0.6 is 0 Å². The molecule has 4 heteroatoms. The fourth-order valence-corrected chi connectivity index (χ4v) is 2.91. The number of benzene rings is 1. The van der Waals surface area contributed by atoms with Crippen molar-refractivity contribution in [1.82, 2.24) is 0 Å². The van der Waals surface area contributed by atoms with Crippen LogP contribution in [-0.4, -0.2) is 23.1 Å². The van der Waals surface area contributed by atoms with Gasteiger partial charge >= 0.3 is 11.9 Å². The summed E-state index contributed by atoms with van der Waals surface area (Å²) in [5, 5.41) is 9.23. The molecule has 25 heavy (non-hydrogen) atoms. The smallest absolute Gasteiger partial charge is 0.339 e. The second kappa shape index (κ2) is 12.5. The SMILES string of the molecule is CCCCCCCCC(CCCC)OC(=O)c1ccccc1C(=O)O. The Morgan fingerprint density at radius 2 is 1.44 bits per heavy atom. The lowest BCUT2D eigenvalue weighted by atomic mass is 10.0. The van der Waals surface area contributed by atoms with E-state index in [-0.39, 0.29) is 17.2 Å². The van der Waals surface area contributed by atoms with Gasteiger partial charge in [0.15, 0.2) is 0 Å². The normalized spacial score (nSPS) is 11.9. The third-order valence-electron chi connectivity index (χ3n) is 4.41. The molecule has 1 unspecified atom stereocenters. The molecule has 0 bridgehead atoms. The third kappa shape index (κ3) is 8.19. The predicted octanol–water partition coefficient (Wildman–Crippen LogP) is 5.85. The Bertz CT molecular complexity index is 524. The van der Waals surface area contributed by atoms with Crippen molar-refractivity contribution in [2.24, 2.45) is 0 Å². The molecule has 0 heterocycles. The summed E-state index contributed by atoms with van der Waals surface area (Å²) >= 11 is 0. The molecule has 140 valence electrons. The molecule has 4 nitrogen and oxygen atoms in total. The number of ether oxygens (including phenoxy) is 1. The molecule has 1 rings (SSSR count). The second-order valence-electron chi connectivity index (χ2n) is 6.58. The molecule has 0 saturated heterocycles. The summed E-state index contributed by atoms with van der Waals surface area (Å²) < 4.78 is 5.65. The maximum absolute atomic E-state index is 12.4. The van der Waals surface area contributed by atoms with Crippen molar-refractivity contribution in [3.63, 3.8) is 0 Å². The van der Waals surface area contributed by atoms with Crippen molar-refractivity contribution in [1.29, 1.82) is 0 Å². The van der Waals surface area contributed by atoms with Crippen LogP contribution in [0.4, 0.5) is 0 Å². The Morgan fingerprint density at radius 1 is 0.880 bits per heavy atom. The van der Waals surface area contributed by atoms with Crippen LogP contribution in [0.3, 0.4) is 0 Å². The standard InChI is InChI=1S/C21H32O4/c1-3-5-7-8-9-10-14-17(13-6-4-2)25-21(24)19-16-12-11-15-18(19)20(22)23/h11-12,15-17H,3-10,13-14H2,1-2H3,(H,22,23). The van der Waals surface area contributed by atoms with Crippen LogP contribution in [-0.2, 0) is 4.74 Å². The topological polar surface area (TPSA) is 63.6 Å². The van der Waals surface area contributed by atoms with E-state index < -0.39 is 11.9 Å². The quantitative estimate of drug-likeness (QED) is 0.359. The third-order valence-corrected chi connectivity index (χ3v) is 4.41. The largest absolute Gasteiger partial charge is 0.478 e. The highest BCUT2D eigenvalue weighted by atomic mass is 16.5. The van der Waals surface area contributed by atoms with Gasteiger partial charge in [0.1, 0.15) is 6.10 Å². The molecule has 1 atom stereocenters. The maximum atomic E-state index is 12.4. The number of hydrogen-bond donors (Lipinski definition) is 1. The predicted molar refractivity (Wildman–Crippen MR) is 100 cm³/mol. The first-order valence-corrected chi connectivity index (χ1v) is 9.63. The van der Waals surface area contributed by atoms with Gasteiger partial charge in [0.2, 0.25) is 0 Å². The first-order chi connectivity index (χ1) is 12.1. The van der Waals surface area contributed by atoms with E-state index in [9.17, 15) is 14.7 Å². The van der Waals surface area contributed by atoms with Gasteiger partial charge in [-0.1, -0.05) is 70.9 Å². The Labute approximate surface area is 151 Å². The average molecular weight is 348 g/mol. The summed E-state index contributed by atoms with van der Waals surface area (Å²) in [5.41, 5.74) is 0.140. The average Bonchev–Trinajstić information content (AvgIpc) is 2.62. The maximum Gasteiger partial charge on any atom is 0.339 e. The Kier molecular flexibility index (Phi) is 10.6. The van der Waals surface area contributed by atoms with Crippen molar-refractivity contribution < 1.29 is 19.4 Å². The van der Waals surface area contributed by atoms with Gasteiger partial charge in [0.25, 0.3) is 0 Å². The fourth-order valence-electron chi connectivity index (χ4n) is 2.91. The molecule has 0 fully saturated rings. The van der Waals surface area contributed by atoms with Crippen LogP contribution in [0.2, 0.25) is 0 Å². The van der Waals surface area contributed by atoms with Crippen LogP contribution in [0.5, 0.6) is 0 Å². The van der Waals surface area contributed by atoms with E-state index in [1.165, 1.54) is 37.8 Å². The zero-order valence-corrected chi connectivity index (χ0v) is 15.6. The summed E-state index contributed by atoms with van der Waals surface area (Å²) in [6, 6.07) is 6.24. The van der Waals surface area contributed by atoms with Crippen LogP contribution in [0, 0.1) is 0 Å². The first-order valence-electron chi connectivity index (χ1n) is 9.63.